The van der Waals surface area contributed by atoms with Crippen LogP contribution in [-0.2, 0) is 60.3 Å². The summed E-state index contributed by atoms with van der Waals surface area (Å²) in [7, 11) is 0. The van der Waals surface area contributed by atoms with Gasteiger partial charge >= 0.3 is 0 Å². The van der Waals surface area contributed by atoms with Crippen LogP contribution in [0.5, 0.6) is 0 Å². The van der Waals surface area contributed by atoms with E-state index < -0.39 is 0 Å². The van der Waals surface area contributed by atoms with Crippen molar-refractivity contribution in [2.75, 3.05) is 0 Å². The molecule has 0 aliphatic carbocycles. The zero-order chi connectivity index (χ0) is 39.5. The van der Waals surface area contributed by atoms with Crippen molar-refractivity contribution in [3.05, 3.63) is 144 Å². The molecule has 6 rings (SSSR count). The summed E-state index contributed by atoms with van der Waals surface area (Å²) in [5.41, 5.74) is 14.5. The molecule has 6 aromatic rings. The summed E-state index contributed by atoms with van der Waals surface area (Å²) in [6.45, 7) is 38.8. The first-order chi connectivity index (χ1) is 24.6. The van der Waals surface area contributed by atoms with Crippen molar-refractivity contribution in [2.24, 2.45) is 0 Å². The zero-order valence-corrected chi connectivity index (χ0v) is 42.1. The predicted octanol–water partition coefficient (Wildman–Crippen LogP) is 9.82. The Hall–Kier alpha value is -2.45. The minimum atomic E-state index is 0. The zero-order valence-electron chi connectivity index (χ0n) is 37.0. The first kappa shape index (κ1) is 51.6. The van der Waals surface area contributed by atoms with Crippen LogP contribution in [0.1, 0.15) is 137 Å². The number of rotatable bonds is 4. The SMILES string of the molecule is CCc1cc2c(-c3cc(C(C)(C)C)cc(C(C)(C)C)c3)cccc2[cH-]1.CCc1cc2c(-c3cc(C(C)(C)C)cc(C(C)(C)C)c3)cccc2[cH-]1.[CH2-]C[CH2-].[Cl-].[Cl-].[Hf]. The van der Waals surface area contributed by atoms with Crippen LogP contribution in [0.15, 0.2) is 97.1 Å². The quantitative estimate of drug-likeness (QED) is 0.122. The molecule has 0 fully saturated rings. The Kier molecular flexibility index (Phi) is 18.9. The van der Waals surface area contributed by atoms with E-state index in [1.807, 2.05) is 0 Å². The molecule has 0 saturated heterocycles. The summed E-state index contributed by atoms with van der Waals surface area (Å²) in [6.07, 6.45) is 2.92. The largest absolute Gasteiger partial charge is 1.00 e. The minimum absolute atomic E-state index is 0. The normalized spacial score (nSPS) is 11.7. The van der Waals surface area contributed by atoms with E-state index in [-0.39, 0.29) is 72.3 Å². The fraction of sp³-hybridized carbons (Fsp3) is 0.396. The van der Waals surface area contributed by atoms with Gasteiger partial charge in [0.1, 0.15) is 0 Å². The third-order valence-electron chi connectivity index (χ3n) is 10.4. The van der Waals surface area contributed by atoms with Gasteiger partial charge in [-0.05, 0) is 67.9 Å². The van der Waals surface area contributed by atoms with Crippen molar-refractivity contribution in [1.82, 2.24) is 0 Å². The summed E-state index contributed by atoms with van der Waals surface area (Å²) in [6, 6.07) is 37.1. The molecule has 0 radical (unpaired) electrons. The van der Waals surface area contributed by atoms with Gasteiger partial charge in [-0.3, -0.25) is 0 Å². The molecule has 0 N–H and O–H groups in total. The van der Waals surface area contributed by atoms with E-state index in [1.54, 1.807) is 0 Å². The fourth-order valence-corrected chi connectivity index (χ4v) is 6.80. The molecule has 0 amide bonds. The Labute approximate surface area is 374 Å². The van der Waals surface area contributed by atoms with E-state index >= 15 is 0 Å². The van der Waals surface area contributed by atoms with Gasteiger partial charge in [0, 0.05) is 25.8 Å². The summed E-state index contributed by atoms with van der Waals surface area (Å²) in [4.78, 5) is 0. The van der Waals surface area contributed by atoms with Gasteiger partial charge in [0.25, 0.3) is 0 Å². The van der Waals surface area contributed by atoms with Gasteiger partial charge in [-0.2, -0.15) is 12.1 Å². The van der Waals surface area contributed by atoms with Gasteiger partial charge in [0.2, 0.25) is 0 Å². The maximum absolute atomic E-state index is 3.38. The average molecular weight is 955 g/mol. The average Bonchev–Trinajstić information content (AvgIpc) is 3.71. The van der Waals surface area contributed by atoms with E-state index in [2.05, 4.69) is 208 Å². The van der Waals surface area contributed by atoms with Gasteiger partial charge in [-0.15, -0.1) is 69.1 Å². The Bertz CT molecular complexity index is 1910. The number of hydrogen-bond acceptors (Lipinski definition) is 0. The van der Waals surface area contributed by atoms with Crippen LogP contribution in [0.25, 0.3) is 43.8 Å². The third-order valence-corrected chi connectivity index (χ3v) is 10.4. The van der Waals surface area contributed by atoms with Gasteiger partial charge in [0.15, 0.2) is 0 Å². The standard InChI is InChI=1S/2C25H31.C3H6.2ClH.Hf/c2*1-8-17-12-18-10-9-11-22(23(18)13-17)19-14-20(24(2,3)4)16-21(15-19)25(5,6)7;1-3-2;;;/h2*9-16H,8H2,1-7H3;1-3H2;2*1H;/q2*-1;-2;;;/p-2. The van der Waals surface area contributed by atoms with Crippen LogP contribution in [-0.4, -0.2) is 0 Å². The van der Waals surface area contributed by atoms with Gasteiger partial charge in [-0.1, -0.05) is 157 Å². The number of benzene rings is 4. The van der Waals surface area contributed by atoms with Crippen molar-refractivity contribution < 1.29 is 50.7 Å². The smallest absolute Gasteiger partial charge is 0 e. The van der Waals surface area contributed by atoms with Gasteiger partial charge in [-0.25, -0.2) is 0 Å². The first-order valence-corrected chi connectivity index (χ1v) is 19.9. The molecule has 0 heterocycles. The molecule has 0 aliphatic heterocycles. The first-order valence-electron chi connectivity index (χ1n) is 19.9. The van der Waals surface area contributed by atoms with Crippen LogP contribution < -0.4 is 24.8 Å². The minimum Gasteiger partial charge on any atom is -1.00 e. The molecule has 304 valence electrons. The molecule has 0 saturated carbocycles. The van der Waals surface area contributed by atoms with E-state index in [1.165, 1.54) is 77.2 Å². The van der Waals surface area contributed by atoms with Crippen LogP contribution in [0.4, 0.5) is 0 Å². The predicted molar refractivity (Wildman–Crippen MR) is 239 cm³/mol. The van der Waals surface area contributed by atoms with E-state index in [0.717, 1.165) is 19.3 Å². The van der Waals surface area contributed by atoms with Crippen molar-refractivity contribution in [2.45, 2.75) is 138 Å². The molecule has 0 atom stereocenters. The van der Waals surface area contributed by atoms with Crippen molar-refractivity contribution in [3.8, 4) is 22.3 Å². The van der Waals surface area contributed by atoms with E-state index in [0.29, 0.717) is 0 Å². The van der Waals surface area contributed by atoms with E-state index in [4.69, 9.17) is 0 Å². The maximum atomic E-state index is 3.38. The van der Waals surface area contributed by atoms with Gasteiger partial charge in [0.05, 0.1) is 0 Å². The number of halogens is 2. The van der Waals surface area contributed by atoms with Gasteiger partial charge < -0.3 is 45.1 Å². The Morgan fingerprint density at radius 2 is 0.714 bits per heavy atom. The number of aryl methyl sites for hydroxylation is 2. The molecule has 3 heteroatoms. The monoisotopic (exact) mass is 954 g/mol. The molecule has 0 bridgehead atoms. The molecule has 0 aromatic heterocycles. The molecule has 0 nitrogen and oxygen atoms in total. The Morgan fingerprint density at radius 1 is 0.446 bits per heavy atom. The van der Waals surface area contributed by atoms with Crippen molar-refractivity contribution in [1.29, 1.82) is 0 Å². The van der Waals surface area contributed by atoms with Crippen LogP contribution in [0.2, 0.25) is 0 Å². The Balaban J connectivity index is 0.000000498. The van der Waals surface area contributed by atoms with Crippen LogP contribution in [0.3, 0.4) is 0 Å². The summed E-state index contributed by atoms with van der Waals surface area (Å²) in [5.74, 6) is 0. The molecule has 56 heavy (non-hydrogen) atoms. The summed E-state index contributed by atoms with van der Waals surface area (Å²) in [5, 5.41) is 5.47. The molecule has 0 aliphatic rings. The maximum Gasteiger partial charge on any atom is 0 e. The number of hydrogen-bond donors (Lipinski definition) is 0. The van der Waals surface area contributed by atoms with Crippen molar-refractivity contribution in [3.63, 3.8) is 0 Å². The topological polar surface area (TPSA) is 0 Å². The molecule has 0 spiro atoms. The Morgan fingerprint density at radius 3 is 0.946 bits per heavy atom. The molecular formula is C53H68Cl2Hf-6. The summed E-state index contributed by atoms with van der Waals surface area (Å²) >= 11 is 0. The second-order valence-corrected chi connectivity index (χ2v) is 19.0. The second-order valence-electron chi connectivity index (χ2n) is 19.0. The number of fused-ring (bicyclic) bond motifs is 2. The fourth-order valence-electron chi connectivity index (χ4n) is 6.80. The summed E-state index contributed by atoms with van der Waals surface area (Å²) < 4.78 is 0. The van der Waals surface area contributed by atoms with Crippen LogP contribution in [0, 0.1) is 13.8 Å². The molecule has 0 unspecified atom stereocenters. The molecule has 6 aromatic carbocycles. The molecular weight excluding hydrogens is 886 g/mol. The van der Waals surface area contributed by atoms with Crippen LogP contribution >= 0.6 is 0 Å². The third kappa shape index (κ3) is 12.8. The van der Waals surface area contributed by atoms with E-state index in [9.17, 15) is 0 Å². The van der Waals surface area contributed by atoms with Crippen molar-refractivity contribution >= 4 is 21.5 Å². The second kappa shape index (κ2) is 20.5.